The zero-order valence-electron chi connectivity index (χ0n) is 13.9. The number of ether oxygens (including phenoxy) is 1. The molecule has 3 N–H and O–H groups in total. The number of benzene rings is 1. The van der Waals surface area contributed by atoms with Gasteiger partial charge in [-0.25, -0.2) is 0 Å². The van der Waals surface area contributed by atoms with Gasteiger partial charge >= 0.3 is 0 Å². The molecule has 0 heterocycles. The van der Waals surface area contributed by atoms with Crippen molar-refractivity contribution in [2.45, 2.75) is 51.1 Å². The molecule has 2 fully saturated rings. The van der Waals surface area contributed by atoms with E-state index in [1.807, 2.05) is 25.1 Å². The Kier molecular flexibility index (Phi) is 5.93. The molecule has 1 aromatic carbocycles. The second kappa shape index (κ2) is 7.54. The fraction of sp³-hybridized carbons (Fsp3) is 0.611. The molecule has 0 radical (unpaired) electrons. The predicted octanol–water partition coefficient (Wildman–Crippen LogP) is 3.06. The van der Waals surface area contributed by atoms with E-state index in [9.17, 15) is 4.79 Å². The number of hydrogen-bond acceptors (Lipinski definition) is 3. The zero-order valence-corrected chi connectivity index (χ0v) is 14.7. The van der Waals surface area contributed by atoms with Gasteiger partial charge in [0.15, 0.2) is 0 Å². The fourth-order valence-corrected chi connectivity index (χ4v) is 4.22. The average Bonchev–Trinajstić information content (AvgIpc) is 2.48. The van der Waals surface area contributed by atoms with Gasteiger partial charge in [0, 0.05) is 17.6 Å². The van der Waals surface area contributed by atoms with E-state index in [2.05, 4.69) is 5.32 Å². The minimum Gasteiger partial charge on any atom is -0.496 e. The summed E-state index contributed by atoms with van der Waals surface area (Å²) >= 11 is 0. The van der Waals surface area contributed by atoms with E-state index in [0.717, 1.165) is 24.2 Å². The number of nitrogens with two attached hydrogens (primary N) is 1. The molecule has 4 nitrogen and oxygen atoms in total. The molecule has 2 bridgehead atoms. The lowest BCUT2D eigenvalue weighted by molar-refractivity contribution is 0.0755. The highest BCUT2D eigenvalue weighted by molar-refractivity contribution is 5.95. The summed E-state index contributed by atoms with van der Waals surface area (Å²) < 4.78 is 5.32. The lowest BCUT2D eigenvalue weighted by atomic mass is 9.67. The van der Waals surface area contributed by atoms with Crippen LogP contribution >= 0.6 is 12.4 Å². The summed E-state index contributed by atoms with van der Waals surface area (Å²) in [5.41, 5.74) is 7.87. The van der Waals surface area contributed by atoms with Crippen LogP contribution in [0.3, 0.4) is 0 Å². The number of carbonyl (C=O) groups excluding carboxylic acids is 1. The lowest BCUT2D eigenvalue weighted by Crippen LogP contribution is -2.53. The highest BCUT2D eigenvalue weighted by Crippen LogP contribution is 2.39. The van der Waals surface area contributed by atoms with E-state index in [0.29, 0.717) is 23.4 Å². The first-order valence-corrected chi connectivity index (χ1v) is 8.29. The summed E-state index contributed by atoms with van der Waals surface area (Å²) in [7, 11) is 1.64. The zero-order chi connectivity index (χ0) is 15.7. The van der Waals surface area contributed by atoms with Gasteiger partial charge in [-0.2, -0.15) is 0 Å². The van der Waals surface area contributed by atoms with Crippen LogP contribution in [0, 0.1) is 18.8 Å². The van der Waals surface area contributed by atoms with Crippen molar-refractivity contribution in [3.05, 3.63) is 29.3 Å². The minimum absolute atomic E-state index is 0. The summed E-state index contributed by atoms with van der Waals surface area (Å²) in [6.07, 6.45) is 5.73. The van der Waals surface area contributed by atoms with Gasteiger partial charge in [0.25, 0.3) is 5.91 Å². The second-order valence-electron chi connectivity index (χ2n) is 6.87. The Bertz CT molecular complexity index is 550. The normalized spacial score (nSPS) is 29.3. The molecule has 1 aromatic rings. The van der Waals surface area contributed by atoms with Crippen molar-refractivity contribution in [3.63, 3.8) is 0 Å². The Hall–Kier alpha value is -1.26. The Morgan fingerprint density at radius 2 is 1.91 bits per heavy atom. The molecule has 128 valence electrons. The van der Waals surface area contributed by atoms with Gasteiger partial charge in [0.05, 0.1) is 7.11 Å². The molecular weight excluding hydrogens is 312 g/mol. The van der Waals surface area contributed by atoms with Crippen LogP contribution in [0.5, 0.6) is 5.75 Å². The van der Waals surface area contributed by atoms with Crippen LogP contribution in [0.4, 0.5) is 0 Å². The van der Waals surface area contributed by atoms with Crippen LogP contribution in [0.1, 0.15) is 48.0 Å². The standard InChI is InChI=1S/C18H26N2O2.ClH/c1-11-6-7-14(10-16(11)22-2)18(21)20-17-12-4-3-5-13(17)9-15(19)8-12;/h6-7,10,12-13,15,17H,3-5,8-9,19H2,1-2H3,(H,20,21);1H. The fourth-order valence-electron chi connectivity index (χ4n) is 4.22. The molecule has 2 atom stereocenters. The highest BCUT2D eigenvalue weighted by Gasteiger charge is 2.39. The summed E-state index contributed by atoms with van der Waals surface area (Å²) in [6.45, 7) is 1.98. The van der Waals surface area contributed by atoms with E-state index >= 15 is 0 Å². The number of carbonyl (C=O) groups is 1. The number of rotatable bonds is 3. The molecule has 0 spiro atoms. The van der Waals surface area contributed by atoms with Crippen LogP contribution in [0.2, 0.25) is 0 Å². The maximum atomic E-state index is 12.6. The summed E-state index contributed by atoms with van der Waals surface area (Å²) in [5, 5.41) is 3.28. The molecule has 2 unspecified atom stereocenters. The minimum atomic E-state index is 0. The Balaban J connectivity index is 0.00000192. The number of amides is 1. The Morgan fingerprint density at radius 1 is 1.26 bits per heavy atom. The predicted molar refractivity (Wildman–Crippen MR) is 94.3 cm³/mol. The summed E-state index contributed by atoms with van der Waals surface area (Å²) in [6, 6.07) is 6.23. The first-order valence-electron chi connectivity index (χ1n) is 8.29. The van der Waals surface area contributed by atoms with Crippen molar-refractivity contribution in [2.24, 2.45) is 17.6 Å². The lowest BCUT2D eigenvalue weighted by Gasteiger charge is -2.45. The van der Waals surface area contributed by atoms with Crippen LogP contribution in [-0.2, 0) is 0 Å². The molecule has 2 aliphatic carbocycles. The van der Waals surface area contributed by atoms with E-state index in [1.165, 1.54) is 19.3 Å². The molecule has 1 amide bonds. The molecule has 0 aliphatic heterocycles. The summed E-state index contributed by atoms with van der Waals surface area (Å²) in [4.78, 5) is 12.6. The van der Waals surface area contributed by atoms with E-state index in [1.54, 1.807) is 7.11 Å². The highest BCUT2D eigenvalue weighted by atomic mass is 35.5. The molecule has 2 saturated carbocycles. The number of hydrogen-bond donors (Lipinski definition) is 2. The number of aryl methyl sites for hydroxylation is 1. The third kappa shape index (κ3) is 3.81. The van der Waals surface area contributed by atoms with Crippen LogP contribution in [0.15, 0.2) is 18.2 Å². The largest absolute Gasteiger partial charge is 0.496 e. The molecule has 0 aromatic heterocycles. The van der Waals surface area contributed by atoms with Crippen molar-refractivity contribution in [1.82, 2.24) is 5.32 Å². The van der Waals surface area contributed by atoms with Crippen molar-refractivity contribution in [2.75, 3.05) is 7.11 Å². The van der Waals surface area contributed by atoms with Crippen LogP contribution in [-0.4, -0.2) is 25.1 Å². The second-order valence-corrected chi connectivity index (χ2v) is 6.87. The van der Waals surface area contributed by atoms with Gasteiger partial charge in [-0.1, -0.05) is 12.5 Å². The van der Waals surface area contributed by atoms with Crippen molar-refractivity contribution in [1.29, 1.82) is 0 Å². The van der Waals surface area contributed by atoms with Crippen LogP contribution < -0.4 is 15.8 Å². The topological polar surface area (TPSA) is 64.3 Å². The third-order valence-electron chi connectivity index (χ3n) is 5.34. The molecular formula is C18H27ClN2O2. The van der Waals surface area contributed by atoms with Crippen LogP contribution in [0.25, 0.3) is 0 Å². The maximum absolute atomic E-state index is 12.6. The van der Waals surface area contributed by atoms with Gasteiger partial charge in [0.2, 0.25) is 0 Å². The van der Waals surface area contributed by atoms with E-state index in [4.69, 9.17) is 10.5 Å². The molecule has 23 heavy (non-hydrogen) atoms. The third-order valence-corrected chi connectivity index (χ3v) is 5.34. The smallest absolute Gasteiger partial charge is 0.251 e. The van der Waals surface area contributed by atoms with Crippen molar-refractivity contribution < 1.29 is 9.53 Å². The maximum Gasteiger partial charge on any atom is 0.251 e. The van der Waals surface area contributed by atoms with Gasteiger partial charge in [-0.05, 0) is 62.1 Å². The quantitative estimate of drug-likeness (QED) is 0.890. The Labute approximate surface area is 144 Å². The Morgan fingerprint density at radius 3 is 2.52 bits per heavy atom. The monoisotopic (exact) mass is 338 g/mol. The summed E-state index contributed by atoms with van der Waals surface area (Å²) in [5.74, 6) is 1.85. The number of fused-ring (bicyclic) bond motifs is 2. The van der Waals surface area contributed by atoms with Gasteiger partial charge < -0.3 is 15.8 Å². The molecule has 5 heteroatoms. The first kappa shape index (κ1) is 18.1. The van der Waals surface area contributed by atoms with Gasteiger partial charge in [-0.15, -0.1) is 12.4 Å². The molecule has 3 rings (SSSR count). The van der Waals surface area contributed by atoms with E-state index in [-0.39, 0.29) is 24.4 Å². The van der Waals surface area contributed by atoms with Crippen molar-refractivity contribution >= 4 is 18.3 Å². The average molecular weight is 339 g/mol. The molecule has 0 saturated heterocycles. The van der Waals surface area contributed by atoms with E-state index < -0.39 is 0 Å². The van der Waals surface area contributed by atoms with Crippen molar-refractivity contribution in [3.8, 4) is 5.75 Å². The number of halogens is 1. The van der Waals surface area contributed by atoms with Gasteiger partial charge in [0.1, 0.15) is 5.75 Å². The SMILES string of the molecule is COc1cc(C(=O)NC2C3CCCC2CC(N)C3)ccc1C.Cl. The number of methoxy groups -OCH3 is 1. The number of nitrogens with one attached hydrogen (secondary N) is 1. The first-order chi connectivity index (χ1) is 10.6. The molecule has 2 aliphatic rings. The van der Waals surface area contributed by atoms with Gasteiger partial charge in [-0.3, -0.25) is 4.79 Å².